The molecule has 0 unspecified atom stereocenters. The van der Waals surface area contributed by atoms with Crippen LogP contribution in [0.4, 0.5) is 5.13 Å². The van der Waals surface area contributed by atoms with E-state index in [4.69, 9.17) is 0 Å². The Kier molecular flexibility index (Phi) is 6.63. The molecule has 0 spiro atoms. The lowest BCUT2D eigenvalue weighted by molar-refractivity contribution is -0.115. The average molecular weight is 402 g/mol. The van der Waals surface area contributed by atoms with Gasteiger partial charge in [-0.1, -0.05) is 55.9 Å². The van der Waals surface area contributed by atoms with Gasteiger partial charge < -0.3 is 9.88 Å². The van der Waals surface area contributed by atoms with E-state index in [-0.39, 0.29) is 11.2 Å². The lowest BCUT2D eigenvalue weighted by Gasteiger charge is -2.14. The molecule has 0 fully saturated rings. The van der Waals surface area contributed by atoms with Crippen LogP contribution in [0.3, 0.4) is 0 Å². The fourth-order valence-electron chi connectivity index (χ4n) is 2.57. The molecule has 0 saturated heterocycles. The molecule has 0 radical (unpaired) electrons. The van der Waals surface area contributed by atoms with Crippen LogP contribution in [0.1, 0.15) is 32.2 Å². The van der Waals surface area contributed by atoms with Crippen molar-refractivity contribution in [1.29, 1.82) is 0 Å². The van der Waals surface area contributed by atoms with E-state index in [1.54, 1.807) is 6.20 Å². The molecule has 8 heteroatoms. The van der Waals surface area contributed by atoms with Gasteiger partial charge in [0.1, 0.15) is 5.82 Å². The number of anilines is 1. The Morgan fingerprint density at radius 1 is 1.22 bits per heavy atom. The van der Waals surface area contributed by atoms with Gasteiger partial charge in [0.15, 0.2) is 10.3 Å². The van der Waals surface area contributed by atoms with E-state index < -0.39 is 0 Å². The smallest absolute Gasteiger partial charge is 0.239 e. The predicted molar refractivity (Wildman–Crippen MR) is 110 cm³/mol. The van der Waals surface area contributed by atoms with Crippen molar-refractivity contribution in [3.05, 3.63) is 53.3 Å². The average Bonchev–Trinajstić information content (AvgIpc) is 3.27. The molecule has 0 aliphatic heterocycles. The Labute approximate surface area is 167 Å². The number of carbonyl (C=O) groups is 1. The van der Waals surface area contributed by atoms with E-state index in [0.29, 0.717) is 11.0 Å². The minimum absolute atomic E-state index is 0.0846. The van der Waals surface area contributed by atoms with Crippen molar-refractivity contribution >= 4 is 34.1 Å². The molecule has 2 aromatic heterocycles. The third kappa shape index (κ3) is 5.40. The standard InChI is InChI=1S/C19H23N5OS2/c1-13(2)12-24-16(11-15-7-5-4-6-8-15)22-23-19(24)27-14(3)17(25)21-18-20-9-10-26-18/h4-10,13-14H,11-12H2,1-3H3,(H,20,21,25)/t14-/m0/s1. The first-order valence-corrected chi connectivity index (χ1v) is 10.6. The number of amides is 1. The Balaban J connectivity index is 1.74. The number of benzene rings is 1. The molecule has 2 heterocycles. The zero-order valence-corrected chi connectivity index (χ0v) is 17.3. The Morgan fingerprint density at radius 2 is 2.00 bits per heavy atom. The number of thiazole rings is 1. The van der Waals surface area contributed by atoms with Crippen molar-refractivity contribution < 1.29 is 4.79 Å². The van der Waals surface area contributed by atoms with Gasteiger partial charge >= 0.3 is 0 Å². The van der Waals surface area contributed by atoms with E-state index in [1.807, 2.05) is 30.5 Å². The quantitative estimate of drug-likeness (QED) is 0.575. The first kappa shape index (κ1) is 19.6. The van der Waals surface area contributed by atoms with Crippen molar-refractivity contribution in [2.45, 2.75) is 44.1 Å². The second kappa shape index (κ2) is 9.14. The van der Waals surface area contributed by atoms with Crippen molar-refractivity contribution in [2.75, 3.05) is 5.32 Å². The summed E-state index contributed by atoms with van der Waals surface area (Å²) in [6, 6.07) is 10.2. The fraction of sp³-hybridized carbons (Fsp3) is 0.368. The summed E-state index contributed by atoms with van der Waals surface area (Å²) >= 11 is 2.83. The molecule has 6 nitrogen and oxygen atoms in total. The zero-order valence-electron chi connectivity index (χ0n) is 15.6. The van der Waals surface area contributed by atoms with Crippen LogP contribution in [-0.2, 0) is 17.8 Å². The van der Waals surface area contributed by atoms with Crippen LogP contribution in [0.2, 0.25) is 0 Å². The normalized spacial score (nSPS) is 12.3. The highest BCUT2D eigenvalue weighted by molar-refractivity contribution is 8.00. The maximum Gasteiger partial charge on any atom is 0.239 e. The van der Waals surface area contributed by atoms with Crippen LogP contribution < -0.4 is 5.32 Å². The van der Waals surface area contributed by atoms with Gasteiger partial charge in [-0.15, -0.1) is 21.5 Å². The largest absolute Gasteiger partial charge is 0.305 e. The van der Waals surface area contributed by atoms with Crippen LogP contribution >= 0.6 is 23.1 Å². The highest BCUT2D eigenvalue weighted by Crippen LogP contribution is 2.25. The minimum atomic E-state index is -0.298. The SMILES string of the molecule is CC(C)Cn1c(Cc2ccccc2)nnc1S[C@@H](C)C(=O)Nc1nccs1. The summed E-state index contributed by atoms with van der Waals surface area (Å²) < 4.78 is 2.13. The fourth-order valence-corrected chi connectivity index (χ4v) is 3.98. The van der Waals surface area contributed by atoms with Crippen LogP contribution in [-0.4, -0.2) is 30.9 Å². The number of carbonyl (C=O) groups excluding carboxylic acids is 1. The first-order valence-electron chi connectivity index (χ1n) is 8.86. The van der Waals surface area contributed by atoms with Gasteiger partial charge in [0.25, 0.3) is 0 Å². The third-order valence-electron chi connectivity index (χ3n) is 3.86. The van der Waals surface area contributed by atoms with Crippen LogP contribution in [0.15, 0.2) is 47.1 Å². The summed E-state index contributed by atoms with van der Waals surface area (Å²) in [6.45, 7) is 7.02. The number of nitrogens with one attached hydrogen (secondary N) is 1. The van der Waals surface area contributed by atoms with E-state index in [9.17, 15) is 4.79 Å². The third-order valence-corrected chi connectivity index (χ3v) is 5.63. The van der Waals surface area contributed by atoms with Crippen LogP contribution in [0.25, 0.3) is 0 Å². The van der Waals surface area contributed by atoms with E-state index in [1.165, 1.54) is 28.7 Å². The number of hydrogen-bond donors (Lipinski definition) is 1. The minimum Gasteiger partial charge on any atom is -0.305 e. The molecule has 3 aromatic rings. The molecule has 27 heavy (non-hydrogen) atoms. The highest BCUT2D eigenvalue weighted by atomic mass is 32.2. The van der Waals surface area contributed by atoms with Gasteiger partial charge in [-0.2, -0.15) is 0 Å². The zero-order chi connectivity index (χ0) is 19.2. The molecule has 142 valence electrons. The molecule has 1 aromatic carbocycles. The maximum absolute atomic E-state index is 12.4. The van der Waals surface area contributed by atoms with E-state index in [0.717, 1.165) is 23.9 Å². The summed E-state index contributed by atoms with van der Waals surface area (Å²) in [6.07, 6.45) is 2.40. The monoisotopic (exact) mass is 401 g/mol. The maximum atomic E-state index is 12.4. The van der Waals surface area contributed by atoms with Gasteiger partial charge in [0, 0.05) is 24.5 Å². The number of aromatic nitrogens is 4. The molecule has 0 aliphatic rings. The summed E-state index contributed by atoms with van der Waals surface area (Å²) in [5, 5.41) is 14.5. The first-order chi connectivity index (χ1) is 13.0. The number of hydrogen-bond acceptors (Lipinski definition) is 6. The summed E-state index contributed by atoms with van der Waals surface area (Å²) in [5.74, 6) is 1.29. The molecule has 1 amide bonds. The Bertz CT molecular complexity index is 862. The molecule has 3 rings (SSSR count). The van der Waals surface area contributed by atoms with Crippen molar-refractivity contribution in [2.24, 2.45) is 5.92 Å². The van der Waals surface area contributed by atoms with Crippen LogP contribution in [0.5, 0.6) is 0 Å². The summed E-state index contributed by atoms with van der Waals surface area (Å²) in [7, 11) is 0. The topological polar surface area (TPSA) is 72.7 Å². The van der Waals surface area contributed by atoms with Crippen LogP contribution in [0, 0.1) is 5.92 Å². The highest BCUT2D eigenvalue weighted by Gasteiger charge is 2.21. The second-order valence-corrected chi connectivity index (χ2v) is 8.85. The molecular weight excluding hydrogens is 378 g/mol. The number of thioether (sulfide) groups is 1. The summed E-state index contributed by atoms with van der Waals surface area (Å²) in [4.78, 5) is 16.5. The van der Waals surface area contributed by atoms with Crippen molar-refractivity contribution in [3.63, 3.8) is 0 Å². The van der Waals surface area contributed by atoms with Gasteiger partial charge in [-0.3, -0.25) is 4.79 Å². The van der Waals surface area contributed by atoms with Gasteiger partial charge in [0.05, 0.1) is 5.25 Å². The lowest BCUT2D eigenvalue weighted by atomic mass is 10.1. The molecule has 0 bridgehead atoms. The van der Waals surface area contributed by atoms with Crippen molar-refractivity contribution in [1.82, 2.24) is 19.7 Å². The summed E-state index contributed by atoms with van der Waals surface area (Å²) in [5.41, 5.74) is 1.20. The molecule has 0 saturated carbocycles. The number of nitrogens with zero attached hydrogens (tertiary/aromatic N) is 4. The predicted octanol–water partition coefficient (Wildman–Crippen LogP) is 4.10. The van der Waals surface area contributed by atoms with Crippen molar-refractivity contribution in [3.8, 4) is 0 Å². The second-order valence-electron chi connectivity index (χ2n) is 6.65. The van der Waals surface area contributed by atoms with Gasteiger partial charge in [-0.25, -0.2) is 4.98 Å². The molecular formula is C19H23N5OS2. The number of rotatable bonds is 8. The van der Waals surface area contributed by atoms with Gasteiger partial charge in [0.2, 0.25) is 5.91 Å². The van der Waals surface area contributed by atoms with E-state index >= 15 is 0 Å². The molecule has 0 aliphatic carbocycles. The molecule has 1 atom stereocenters. The Morgan fingerprint density at radius 3 is 2.67 bits per heavy atom. The molecule has 1 N–H and O–H groups in total. The lowest BCUT2D eigenvalue weighted by Crippen LogP contribution is -2.23. The Hall–Kier alpha value is -2.19. The van der Waals surface area contributed by atoms with E-state index in [2.05, 4.69) is 51.0 Å². The van der Waals surface area contributed by atoms with Gasteiger partial charge in [-0.05, 0) is 18.4 Å².